The Labute approximate surface area is 123 Å². The molecule has 0 spiro atoms. The fourth-order valence-corrected chi connectivity index (χ4v) is 2.80. The Bertz CT molecular complexity index is 305. The predicted octanol–water partition coefficient (Wildman–Crippen LogP) is 1.27. The summed E-state index contributed by atoms with van der Waals surface area (Å²) in [5.41, 5.74) is -0.633. The van der Waals surface area contributed by atoms with Gasteiger partial charge in [0.2, 0.25) is 0 Å². The van der Waals surface area contributed by atoms with Gasteiger partial charge in [-0.3, -0.25) is 4.79 Å². The number of carbonyl (C=O) groups excluding carboxylic acids is 1. The number of nitrogens with zero attached hydrogens (tertiary/aromatic N) is 1. The van der Waals surface area contributed by atoms with Crippen LogP contribution in [0.1, 0.15) is 33.1 Å². The van der Waals surface area contributed by atoms with Crippen LogP contribution in [-0.4, -0.2) is 63.4 Å². The molecule has 5 heteroatoms. The van der Waals surface area contributed by atoms with E-state index >= 15 is 0 Å². The first-order valence-electron chi connectivity index (χ1n) is 7.48. The van der Waals surface area contributed by atoms with Crippen LogP contribution in [-0.2, 0) is 14.3 Å². The number of hydrogen-bond acceptors (Lipinski definition) is 5. The van der Waals surface area contributed by atoms with Gasteiger partial charge in [-0.25, -0.2) is 0 Å². The Balaban J connectivity index is 2.50. The van der Waals surface area contributed by atoms with Crippen molar-refractivity contribution in [3.8, 4) is 0 Å². The maximum Gasteiger partial charge on any atom is 0.325 e. The Morgan fingerprint density at radius 2 is 2.30 bits per heavy atom. The van der Waals surface area contributed by atoms with E-state index in [0.717, 1.165) is 32.6 Å². The molecule has 0 aromatic rings. The van der Waals surface area contributed by atoms with Gasteiger partial charge in [-0.05, 0) is 53.1 Å². The van der Waals surface area contributed by atoms with E-state index in [4.69, 9.17) is 9.47 Å². The topological polar surface area (TPSA) is 50.8 Å². The van der Waals surface area contributed by atoms with E-state index in [2.05, 4.69) is 24.2 Å². The van der Waals surface area contributed by atoms with E-state index in [1.807, 2.05) is 6.92 Å². The average molecular weight is 286 g/mol. The first-order chi connectivity index (χ1) is 9.42. The number of methoxy groups -OCH3 is 1. The average Bonchev–Trinajstić information content (AvgIpc) is 2.47. The summed E-state index contributed by atoms with van der Waals surface area (Å²) in [6.07, 6.45) is 3.11. The van der Waals surface area contributed by atoms with Gasteiger partial charge >= 0.3 is 5.97 Å². The normalized spacial score (nSPS) is 24.2. The Kier molecular flexibility index (Phi) is 6.92. The van der Waals surface area contributed by atoms with E-state index < -0.39 is 5.54 Å². The lowest BCUT2D eigenvalue weighted by molar-refractivity contribution is -0.148. The second-order valence-corrected chi connectivity index (χ2v) is 6.15. The molecule has 1 aliphatic heterocycles. The minimum atomic E-state index is -0.633. The van der Waals surface area contributed by atoms with Gasteiger partial charge in [0.15, 0.2) is 0 Å². The molecule has 3 unspecified atom stereocenters. The van der Waals surface area contributed by atoms with Crippen LogP contribution >= 0.6 is 0 Å². The quantitative estimate of drug-likeness (QED) is 0.714. The second kappa shape index (κ2) is 7.96. The van der Waals surface area contributed by atoms with Crippen LogP contribution < -0.4 is 5.32 Å². The van der Waals surface area contributed by atoms with Gasteiger partial charge in [0, 0.05) is 19.2 Å². The highest BCUT2D eigenvalue weighted by Crippen LogP contribution is 2.20. The molecule has 0 radical (unpaired) electrons. The third kappa shape index (κ3) is 4.72. The second-order valence-electron chi connectivity index (χ2n) is 6.15. The van der Waals surface area contributed by atoms with Crippen LogP contribution in [0.5, 0.6) is 0 Å². The summed E-state index contributed by atoms with van der Waals surface area (Å²) in [5, 5.41) is 3.09. The Morgan fingerprint density at radius 3 is 2.80 bits per heavy atom. The third-order valence-electron chi connectivity index (χ3n) is 4.44. The molecular weight excluding hydrogens is 256 g/mol. The lowest BCUT2D eigenvalue weighted by Gasteiger charge is -2.35. The summed E-state index contributed by atoms with van der Waals surface area (Å²) in [5.74, 6) is 0.399. The van der Waals surface area contributed by atoms with E-state index in [0.29, 0.717) is 12.0 Å². The van der Waals surface area contributed by atoms with Crippen molar-refractivity contribution in [1.29, 1.82) is 0 Å². The number of likely N-dealkylation sites (N-methyl/N-ethyl adjacent to an activating group) is 1. The summed E-state index contributed by atoms with van der Waals surface area (Å²) >= 11 is 0. The minimum Gasteiger partial charge on any atom is -0.468 e. The lowest BCUT2D eigenvalue weighted by Crippen LogP contribution is -2.52. The fourth-order valence-electron chi connectivity index (χ4n) is 2.80. The summed E-state index contributed by atoms with van der Waals surface area (Å²) in [6, 6.07) is 0.300. The third-order valence-corrected chi connectivity index (χ3v) is 4.44. The maximum absolute atomic E-state index is 11.9. The van der Waals surface area contributed by atoms with Gasteiger partial charge < -0.3 is 19.7 Å². The van der Waals surface area contributed by atoms with Crippen LogP contribution in [0.3, 0.4) is 0 Å². The van der Waals surface area contributed by atoms with Crippen molar-refractivity contribution in [1.82, 2.24) is 10.2 Å². The molecule has 3 atom stereocenters. The monoisotopic (exact) mass is 286 g/mol. The smallest absolute Gasteiger partial charge is 0.325 e. The molecule has 118 valence electrons. The molecule has 1 heterocycles. The Hall–Kier alpha value is -0.650. The number of nitrogens with one attached hydrogen (secondary N) is 1. The highest BCUT2D eigenvalue weighted by molar-refractivity contribution is 5.80. The highest BCUT2D eigenvalue weighted by atomic mass is 16.5. The number of hydrogen-bond donors (Lipinski definition) is 1. The molecule has 0 aromatic heterocycles. The minimum absolute atomic E-state index is 0.207. The van der Waals surface area contributed by atoms with Gasteiger partial charge in [-0.2, -0.15) is 0 Å². The number of ether oxygens (including phenoxy) is 2. The van der Waals surface area contributed by atoms with Gasteiger partial charge in [0.05, 0.1) is 13.7 Å². The molecule has 20 heavy (non-hydrogen) atoms. The van der Waals surface area contributed by atoms with Crippen LogP contribution in [0, 0.1) is 5.92 Å². The van der Waals surface area contributed by atoms with E-state index in [1.54, 1.807) is 7.05 Å². The van der Waals surface area contributed by atoms with Crippen LogP contribution in [0.2, 0.25) is 0 Å². The molecule has 0 aromatic carbocycles. The zero-order valence-electron chi connectivity index (χ0n) is 13.6. The number of esters is 1. The molecule has 0 aliphatic carbocycles. The summed E-state index contributed by atoms with van der Waals surface area (Å²) in [6.45, 7) is 6.82. The summed E-state index contributed by atoms with van der Waals surface area (Å²) in [7, 11) is 5.36. The van der Waals surface area contributed by atoms with Crippen molar-refractivity contribution in [2.75, 3.05) is 41.0 Å². The van der Waals surface area contributed by atoms with Crippen LogP contribution in [0.25, 0.3) is 0 Å². The van der Waals surface area contributed by atoms with Crippen molar-refractivity contribution in [3.63, 3.8) is 0 Å². The molecule has 1 fully saturated rings. The van der Waals surface area contributed by atoms with Crippen molar-refractivity contribution in [2.45, 2.75) is 44.7 Å². The molecule has 0 saturated carbocycles. The molecule has 0 amide bonds. The van der Waals surface area contributed by atoms with Gasteiger partial charge in [-0.1, -0.05) is 0 Å². The molecule has 1 saturated heterocycles. The molecule has 1 aliphatic rings. The van der Waals surface area contributed by atoms with Crippen LogP contribution in [0.15, 0.2) is 0 Å². The molecule has 1 N–H and O–H groups in total. The molecular formula is C15H30N2O3. The zero-order valence-corrected chi connectivity index (χ0v) is 13.6. The standard InChI is InChI=1S/C15H30N2O3/c1-12(9-15(2,16-3)14(18)19-5)17(4)10-13-7-6-8-20-11-13/h12-13,16H,6-11H2,1-5H3. The SMILES string of the molecule is CNC(C)(CC(C)N(C)CC1CCCOC1)C(=O)OC. The predicted molar refractivity (Wildman–Crippen MR) is 79.7 cm³/mol. The molecule has 1 rings (SSSR count). The fraction of sp³-hybridized carbons (Fsp3) is 0.933. The molecule has 5 nitrogen and oxygen atoms in total. The van der Waals surface area contributed by atoms with E-state index in [-0.39, 0.29) is 5.97 Å². The highest BCUT2D eigenvalue weighted by Gasteiger charge is 2.35. The number of rotatable bonds is 7. The summed E-state index contributed by atoms with van der Waals surface area (Å²) in [4.78, 5) is 14.2. The first-order valence-corrected chi connectivity index (χ1v) is 7.48. The largest absolute Gasteiger partial charge is 0.468 e. The molecule has 0 bridgehead atoms. The van der Waals surface area contributed by atoms with Crippen molar-refractivity contribution in [3.05, 3.63) is 0 Å². The zero-order chi connectivity index (χ0) is 15.2. The summed E-state index contributed by atoms with van der Waals surface area (Å²) < 4.78 is 10.4. The van der Waals surface area contributed by atoms with Gasteiger partial charge in [0.25, 0.3) is 0 Å². The van der Waals surface area contributed by atoms with Crippen molar-refractivity contribution in [2.24, 2.45) is 5.92 Å². The van der Waals surface area contributed by atoms with Crippen LogP contribution in [0.4, 0.5) is 0 Å². The first kappa shape index (κ1) is 17.4. The van der Waals surface area contributed by atoms with Crippen molar-refractivity contribution >= 4 is 5.97 Å². The van der Waals surface area contributed by atoms with Crippen molar-refractivity contribution < 1.29 is 14.3 Å². The van der Waals surface area contributed by atoms with E-state index in [1.165, 1.54) is 13.5 Å². The van der Waals surface area contributed by atoms with Gasteiger partial charge in [0.1, 0.15) is 5.54 Å². The Morgan fingerprint density at radius 1 is 1.60 bits per heavy atom. The maximum atomic E-state index is 11.9. The lowest BCUT2D eigenvalue weighted by atomic mass is 9.92. The number of carbonyl (C=O) groups is 1. The van der Waals surface area contributed by atoms with E-state index in [9.17, 15) is 4.79 Å². The van der Waals surface area contributed by atoms with Gasteiger partial charge in [-0.15, -0.1) is 0 Å².